The van der Waals surface area contributed by atoms with Crippen LogP contribution in [-0.2, 0) is 14.5 Å². The van der Waals surface area contributed by atoms with Gasteiger partial charge in [-0.25, -0.2) is 9.68 Å². The summed E-state index contributed by atoms with van der Waals surface area (Å²) in [6.07, 6.45) is 1.51. The van der Waals surface area contributed by atoms with Gasteiger partial charge in [-0.2, -0.15) is 4.89 Å². The van der Waals surface area contributed by atoms with Crippen LogP contribution in [-0.4, -0.2) is 25.0 Å². The summed E-state index contributed by atoms with van der Waals surface area (Å²) in [5.41, 5.74) is 0.707. The number of benzene rings is 1. The maximum Gasteiger partial charge on any atom is 0.342 e. The lowest BCUT2D eigenvalue weighted by Gasteiger charge is -2.18. The molecule has 0 saturated carbocycles. The van der Waals surface area contributed by atoms with E-state index in [0.717, 1.165) is 5.56 Å². The standard InChI is InChI=1S/C16H22O5/c1-6-10-18-15(17)14-12(2)8-7-9-13(14)19-11-20-21-16(3,4)5/h6-9H,1,10-11H2,2-5H3. The number of esters is 1. The smallest absolute Gasteiger partial charge is 0.342 e. The highest BCUT2D eigenvalue weighted by Crippen LogP contribution is 2.23. The van der Waals surface area contributed by atoms with Crippen LogP contribution in [0.2, 0.25) is 0 Å². The Morgan fingerprint density at radius 2 is 2.05 bits per heavy atom. The van der Waals surface area contributed by atoms with Gasteiger partial charge >= 0.3 is 5.97 Å². The third kappa shape index (κ3) is 5.97. The van der Waals surface area contributed by atoms with Crippen molar-refractivity contribution in [3.8, 4) is 5.75 Å². The summed E-state index contributed by atoms with van der Waals surface area (Å²) in [5.74, 6) is -0.0682. The number of carbonyl (C=O) groups is 1. The summed E-state index contributed by atoms with van der Waals surface area (Å²) < 4.78 is 10.5. The molecule has 1 aromatic carbocycles. The van der Waals surface area contributed by atoms with Gasteiger partial charge in [0.2, 0.25) is 6.79 Å². The van der Waals surface area contributed by atoms with Crippen molar-refractivity contribution in [1.82, 2.24) is 0 Å². The third-order valence-electron chi connectivity index (χ3n) is 2.34. The van der Waals surface area contributed by atoms with Crippen LogP contribution in [0.4, 0.5) is 0 Å². The van der Waals surface area contributed by atoms with Crippen LogP contribution < -0.4 is 4.74 Å². The summed E-state index contributed by atoms with van der Waals surface area (Å²) in [5, 5.41) is 0. The van der Waals surface area contributed by atoms with Gasteiger partial charge < -0.3 is 9.47 Å². The van der Waals surface area contributed by atoms with Gasteiger partial charge in [-0.15, -0.1) is 0 Å². The maximum atomic E-state index is 12.0. The zero-order valence-electron chi connectivity index (χ0n) is 13.0. The Hall–Kier alpha value is -1.85. The van der Waals surface area contributed by atoms with Gasteiger partial charge in [0.05, 0.1) is 5.60 Å². The largest absolute Gasteiger partial charge is 0.464 e. The Labute approximate surface area is 125 Å². The monoisotopic (exact) mass is 294 g/mol. The lowest BCUT2D eigenvalue weighted by Crippen LogP contribution is -2.21. The van der Waals surface area contributed by atoms with Crippen LogP contribution >= 0.6 is 0 Å². The van der Waals surface area contributed by atoms with Gasteiger partial charge in [-0.1, -0.05) is 24.8 Å². The summed E-state index contributed by atoms with van der Waals surface area (Å²) in [6.45, 7) is 10.9. The Morgan fingerprint density at radius 1 is 1.33 bits per heavy atom. The first-order valence-electron chi connectivity index (χ1n) is 6.66. The first kappa shape index (κ1) is 17.2. The molecule has 0 aliphatic carbocycles. The van der Waals surface area contributed by atoms with E-state index in [4.69, 9.17) is 19.2 Å². The third-order valence-corrected chi connectivity index (χ3v) is 2.34. The fourth-order valence-corrected chi connectivity index (χ4v) is 1.52. The molecule has 0 aromatic heterocycles. The number of rotatable bonds is 7. The molecule has 0 N–H and O–H groups in total. The van der Waals surface area contributed by atoms with E-state index < -0.39 is 11.6 Å². The van der Waals surface area contributed by atoms with E-state index in [2.05, 4.69) is 6.58 Å². The van der Waals surface area contributed by atoms with Crippen molar-refractivity contribution < 1.29 is 24.0 Å². The van der Waals surface area contributed by atoms with Crippen LogP contribution in [0.3, 0.4) is 0 Å². The van der Waals surface area contributed by atoms with Crippen LogP contribution in [0, 0.1) is 6.92 Å². The number of hydrogen-bond acceptors (Lipinski definition) is 5. The van der Waals surface area contributed by atoms with Gasteiger partial charge in [0.15, 0.2) is 0 Å². The van der Waals surface area contributed by atoms with Crippen LogP contribution in [0.15, 0.2) is 30.9 Å². The highest BCUT2D eigenvalue weighted by atomic mass is 17.2. The van der Waals surface area contributed by atoms with E-state index in [1.54, 1.807) is 12.1 Å². The molecule has 0 saturated heterocycles. The summed E-state index contributed by atoms with van der Waals surface area (Å²) in [6, 6.07) is 5.28. The molecule has 0 aliphatic heterocycles. The SMILES string of the molecule is C=CCOC(=O)c1c(C)cccc1OCOOC(C)(C)C. The van der Waals surface area contributed by atoms with Crippen LogP contribution in [0.25, 0.3) is 0 Å². The van der Waals surface area contributed by atoms with Crippen LogP contribution in [0.5, 0.6) is 5.75 Å². The van der Waals surface area contributed by atoms with E-state index in [-0.39, 0.29) is 13.4 Å². The van der Waals surface area contributed by atoms with Gasteiger partial charge in [-0.3, -0.25) is 0 Å². The molecule has 116 valence electrons. The lowest BCUT2D eigenvalue weighted by molar-refractivity contribution is -0.370. The van der Waals surface area contributed by atoms with E-state index in [0.29, 0.717) is 11.3 Å². The number of carbonyl (C=O) groups excluding carboxylic acids is 1. The maximum absolute atomic E-state index is 12.0. The minimum atomic E-state index is -0.459. The molecule has 5 nitrogen and oxygen atoms in total. The molecule has 0 aliphatic rings. The molecule has 0 radical (unpaired) electrons. The predicted octanol–water partition coefficient (Wildman–Crippen LogP) is 3.42. The minimum absolute atomic E-state index is 0.123. The van der Waals surface area contributed by atoms with Crippen molar-refractivity contribution in [3.05, 3.63) is 42.0 Å². The highest BCUT2D eigenvalue weighted by molar-refractivity contribution is 5.94. The van der Waals surface area contributed by atoms with E-state index in [9.17, 15) is 4.79 Å². The zero-order chi connectivity index (χ0) is 15.9. The second kappa shape index (κ2) is 7.81. The van der Waals surface area contributed by atoms with Gasteiger partial charge in [0.1, 0.15) is 17.9 Å². The van der Waals surface area contributed by atoms with Gasteiger partial charge in [-0.05, 0) is 39.3 Å². The Balaban J connectivity index is 2.71. The minimum Gasteiger partial charge on any atom is -0.464 e. The van der Waals surface area contributed by atoms with Crippen molar-refractivity contribution >= 4 is 5.97 Å². The molecule has 21 heavy (non-hydrogen) atoms. The molecule has 0 atom stereocenters. The normalized spacial score (nSPS) is 11.0. The van der Waals surface area contributed by atoms with Crippen molar-refractivity contribution in [2.75, 3.05) is 13.4 Å². The average Bonchev–Trinajstić information content (AvgIpc) is 2.40. The fraction of sp³-hybridized carbons (Fsp3) is 0.438. The topological polar surface area (TPSA) is 54.0 Å². The Morgan fingerprint density at radius 3 is 2.67 bits per heavy atom. The van der Waals surface area contributed by atoms with E-state index in [1.807, 2.05) is 33.8 Å². The molecule has 1 rings (SSSR count). The first-order valence-corrected chi connectivity index (χ1v) is 6.66. The Kier molecular flexibility index (Phi) is 6.39. The van der Waals surface area contributed by atoms with Crippen molar-refractivity contribution in [2.24, 2.45) is 0 Å². The molecule has 0 unspecified atom stereocenters. The highest BCUT2D eigenvalue weighted by Gasteiger charge is 2.17. The molecule has 0 spiro atoms. The van der Waals surface area contributed by atoms with Crippen molar-refractivity contribution in [1.29, 1.82) is 0 Å². The molecular formula is C16H22O5. The molecule has 0 amide bonds. The summed E-state index contributed by atoms with van der Waals surface area (Å²) in [7, 11) is 0. The van der Waals surface area contributed by atoms with Gasteiger partial charge in [0, 0.05) is 0 Å². The second-order valence-electron chi connectivity index (χ2n) is 5.41. The quantitative estimate of drug-likeness (QED) is 0.193. The molecule has 0 bridgehead atoms. The summed E-state index contributed by atoms with van der Waals surface area (Å²) >= 11 is 0. The number of ether oxygens (including phenoxy) is 2. The average molecular weight is 294 g/mol. The molecule has 1 aromatic rings. The summed E-state index contributed by atoms with van der Waals surface area (Å²) in [4.78, 5) is 22.1. The van der Waals surface area contributed by atoms with E-state index in [1.165, 1.54) is 6.08 Å². The van der Waals surface area contributed by atoms with Crippen molar-refractivity contribution in [3.63, 3.8) is 0 Å². The molecule has 5 heteroatoms. The van der Waals surface area contributed by atoms with Gasteiger partial charge in [0.25, 0.3) is 0 Å². The van der Waals surface area contributed by atoms with Crippen LogP contribution in [0.1, 0.15) is 36.7 Å². The lowest BCUT2D eigenvalue weighted by atomic mass is 10.1. The van der Waals surface area contributed by atoms with Crippen molar-refractivity contribution in [2.45, 2.75) is 33.3 Å². The molecule has 0 heterocycles. The number of hydrogen-bond donors (Lipinski definition) is 0. The first-order chi connectivity index (χ1) is 9.85. The number of aryl methyl sites for hydroxylation is 1. The molecular weight excluding hydrogens is 272 g/mol. The second-order valence-corrected chi connectivity index (χ2v) is 5.41. The molecule has 0 fully saturated rings. The zero-order valence-corrected chi connectivity index (χ0v) is 13.0. The fourth-order valence-electron chi connectivity index (χ4n) is 1.52. The predicted molar refractivity (Wildman–Crippen MR) is 79.1 cm³/mol. The Bertz CT molecular complexity index is 488. The van der Waals surface area contributed by atoms with E-state index >= 15 is 0 Å².